The van der Waals surface area contributed by atoms with Crippen LogP contribution in [0.2, 0.25) is 0 Å². The molecule has 0 aliphatic carbocycles. The fourth-order valence-electron chi connectivity index (χ4n) is 1.86. The van der Waals surface area contributed by atoms with Gasteiger partial charge in [0.25, 0.3) is 0 Å². The predicted octanol–water partition coefficient (Wildman–Crippen LogP) is 2.98. The molecule has 0 fully saturated rings. The molecule has 0 unspecified atom stereocenters. The Balaban J connectivity index is 2.80. The van der Waals surface area contributed by atoms with E-state index in [0.29, 0.717) is 5.92 Å². The number of aromatic nitrogens is 2. The number of nitrogens with one attached hydrogen (secondary N) is 2. The maximum atomic E-state index is 4.46. The van der Waals surface area contributed by atoms with Crippen LogP contribution >= 0.6 is 0 Å². The van der Waals surface area contributed by atoms with Gasteiger partial charge in [0.15, 0.2) is 0 Å². The van der Waals surface area contributed by atoms with Gasteiger partial charge in [0.2, 0.25) is 0 Å². The highest BCUT2D eigenvalue weighted by molar-refractivity contribution is 5.56. The minimum absolute atomic E-state index is 0.711. The molecule has 0 bridgehead atoms. The van der Waals surface area contributed by atoms with Crippen molar-refractivity contribution in [3.63, 3.8) is 0 Å². The Bertz CT molecular complexity index is 359. The monoisotopic (exact) mass is 236 g/mol. The first-order valence-electron chi connectivity index (χ1n) is 6.39. The van der Waals surface area contributed by atoms with Crippen LogP contribution < -0.4 is 10.6 Å². The van der Waals surface area contributed by atoms with Gasteiger partial charge in [-0.1, -0.05) is 26.7 Å². The van der Waals surface area contributed by atoms with Gasteiger partial charge in [0.05, 0.1) is 0 Å². The molecule has 0 aliphatic heterocycles. The molecule has 0 saturated carbocycles. The molecular formula is C13H24N4. The summed E-state index contributed by atoms with van der Waals surface area (Å²) in [5.74, 6) is 3.37. The molecular weight excluding hydrogens is 212 g/mol. The zero-order valence-electron chi connectivity index (χ0n) is 11.6. The molecule has 0 aliphatic rings. The Morgan fingerprint density at radius 3 is 2.18 bits per heavy atom. The van der Waals surface area contributed by atoms with E-state index in [0.717, 1.165) is 29.6 Å². The van der Waals surface area contributed by atoms with E-state index in [1.165, 1.54) is 12.8 Å². The summed E-state index contributed by atoms with van der Waals surface area (Å²) in [4.78, 5) is 8.82. The van der Waals surface area contributed by atoms with Crippen molar-refractivity contribution in [2.75, 3.05) is 24.2 Å². The first-order chi connectivity index (χ1) is 8.12. The van der Waals surface area contributed by atoms with Crippen LogP contribution in [0.1, 0.15) is 38.1 Å². The molecule has 0 radical (unpaired) electrons. The summed E-state index contributed by atoms with van der Waals surface area (Å²) in [6, 6.07) is 0. The van der Waals surface area contributed by atoms with Crippen molar-refractivity contribution in [1.29, 1.82) is 0 Å². The lowest BCUT2D eigenvalue weighted by Gasteiger charge is -2.16. The lowest BCUT2D eigenvalue weighted by Crippen LogP contribution is -2.15. The highest BCUT2D eigenvalue weighted by Gasteiger charge is 2.09. The van der Waals surface area contributed by atoms with Gasteiger partial charge in [0.1, 0.15) is 17.5 Å². The summed E-state index contributed by atoms with van der Waals surface area (Å²) >= 11 is 0. The quantitative estimate of drug-likeness (QED) is 0.797. The number of nitrogens with zero attached hydrogens (tertiary/aromatic N) is 2. The molecule has 1 aromatic heterocycles. The third-order valence-electron chi connectivity index (χ3n) is 3.21. The van der Waals surface area contributed by atoms with Crippen LogP contribution in [-0.4, -0.2) is 23.6 Å². The number of rotatable bonds is 6. The molecule has 1 rings (SSSR count). The molecule has 17 heavy (non-hydrogen) atoms. The lowest BCUT2D eigenvalue weighted by molar-refractivity contribution is 0.518. The van der Waals surface area contributed by atoms with Gasteiger partial charge < -0.3 is 10.6 Å². The zero-order chi connectivity index (χ0) is 12.8. The third-order valence-corrected chi connectivity index (χ3v) is 3.21. The van der Waals surface area contributed by atoms with Crippen molar-refractivity contribution in [2.24, 2.45) is 5.92 Å². The van der Waals surface area contributed by atoms with Crippen LogP contribution in [0.5, 0.6) is 0 Å². The van der Waals surface area contributed by atoms with E-state index in [9.17, 15) is 0 Å². The molecule has 0 atom stereocenters. The van der Waals surface area contributed by atoms with E-state index in [4.69, 9.17) is 0 Å². The van der Waals surface area contributed by atoms with Crippen LogP contribution in [-0.2, 0) is 0 Å². The average Bonchev–Trinajstić information content (AvgIpc) is 2.34. The van der Waals surface area contributed by atoms with E-state index in [1.807, 2.05) is 20.9 Å². The summed E-state index contributed by atoms with van der Waals surface area (Å²) in [5.41, 5.74) is 1.09. The summed E-state index contributed by atoms with van der Waals surface area (Å²) in [5, 5.41) is 6.54. The molecule has 0 amide bonds. The van der Waals surface area contributed by atoms with E-state index in [2.05, 4.69) is 34.4 Å². The molecule has 0 spiro atoms. The number of anilines is 2. The van der Waals surface area contributed by atoms with Crippen LogP contribution in [0.4, 0.5) is 11.6 Å². The van der Waals surface area contributed by atoms with E-state index in [1.54, 1.807) is 0 Å². The number of hydrogen-bond donors (Lipinski definition) is 2. The highest BCUT2D eigenvalue weighted by Crippen LogP contribution is 2.20. The maximum Gasteiger partial charge on any atom is 0.134 e. The van der Waals surface area contributed by atoms with Gasteiger partial charge in [-0.05, 0) is 19.8 Å². The normalized spacial score (nSPS) is 10.7. The molecule has 0 aromatic carbocycles. The smallest absolute Gasteiger partial charge is 0.134 e. The Morgan fingerprint density at radius 1 is 1.06 bits per heavy atom. The van der Waals surface area contributed by atoms with Gasteiger partial charge in [0, 0.05) is 19.2 Å². The molecule has 96 valence electrons. The van der Waals surface area contributed by atoms with Gasteiger partial charge in [-0.25, -0.2) is 9.97 Å². The Hall–Kier alpha value is -1.32. The second-order valence-corrected chi connectivity index (χ2v) is 4.41. The number of aryl methyl sites for hydroxylation is 1. The Morgan fingerprint density at radius 2 is 1.65 bits per heavy atom. The molecule has 0 saturated heterocycles. The van der Waals surface area contributed by atoms with Crippen molar-refractivity contribution < 1.29 is 0 Å². The third kappa shape index (κ3) is 3.58. The summed E-state index contributed by atoms with van der Waals surface area (Å²) in [6.07, 6.45) is 2.40. The topological polar surface area (TPSA) is 49.8 Å². The van der Waals surface area contributed by atoms with Crippen LogP contribution in [0, 0.1) is 19.8 Å². The van der Waals surface area contributed by atoms with Crippen molar-refractivity contribution in [3.05, 3.63) is 11.4 Å². The van der Waals surface area contributed by atoms with Crippen molar-refractivity contribution in [1.82, 2.24) is 9.97 Å². The molecule has 1 aromatic rings. The van der Waals surface area contributed by atoms with E-state index < -0.39 is 0 Å². The number of hydrogen-bond acceptors (Lipinski definition) is 4. The maximum absolute atomic E-state index is 4.46. The average molecular weight is 236 g/mol. The van der Waals surface area contributed by atoms with Gasteiger partial charge in [-0.15, -0.1) is 0 Å². The van der Waals surface area contributed by atoms with Crippen molar-refractivity contribution >= 4 is 11.6 Å². The molecule has 1 heterocycles. The van der Waals surface area contributed by atoms with Crippen LogP contribution in [0.3, 0.4) is 0 Å². The standard InChI is InChI=1S/C13H24N4/c1-6-11(7-2)8-15-13-9(3)12(14-5)16-10(4)17-13/h11H,6-8H2,1-5H3,(H2,14,15,16,17). The second-order valence-electron chi connectivity index (χ2n) is 4.41. The fourth-order valence-corrected chi connectivity index (χ4v) is 1.86. The summed E-state index contributed by atoms with van der Waals surface area (Å²) < 4.78 is 0. The van der Waals surface area contributed by atoms with Gasteiger partial charge in [-0.2, -0.15) is 0 Å². The minimum Gasteiger partial charge on any atom is -0.373 e. The van der Waals surface area contributed by atoms with Crippen molar-refractivity contribution in [3.8, 4) is 0 Å². The minimum atomic E-state index is 0.711. The van der Waals surface area contributed by atoms with Gasteiger partial charge in [-0.3, -0.25) is 0 Å². The summed E-state index contributed by atoms with van der Waals surface area (Å²) in [7, 11) is 1.89. The first kappa shape index (κ1) is 13.7. The summed E-state index contributed by atoms with van der Waals surface area (Å²) in [6.45, 7) is 9.40. The Labute approximate surface area is 104 Å². The van der Waals surface area contributed by atoms with E-state index in [-0.39, 0.29) is 0 Å². The Kier molecular flexibility index (Phi) is 5.19. The SMILES string of the molecule is CCC(CC)CNc1nc(C)nc(NC)c1C. The predicted molar refractivity (Wildman–Crippen MR) is 73.6 cm³/mol. The van der Waals surface area contributed by atoms with Crippen LogP contribution in [0.25, 0.3) is 0 Å². The van der Waals surface area contributed by atoms with Gasteiger partial charge >= 0.3 is 0 Å². The molecule has 4 heteroatoms. The first-order valence-corrected chi connectivity index (χ1v) is 6.39. The largest absolute Gasteiger partial charge is 0.373 e. The van der Waals surface area contributed by atoms with E-state index >= 15 is 0 Å². The lowest BCUT2D eigenvalue weighted by atomic mass is 10.0. The highest BCUT2D eigenvalue weighted by atomic mass is 15.1. The molecule has 2 N–H and O–H groups in total. The van der Waals surface area contributed by atoms with Crippen molar-refractivity contribution in [2.45, 2.75) is 40.5 Å². The van der Waals surface area contributed by atoms with Crippen LogP contribution in [0.15, 0.2) is 0 Å². The molecule has 4 nitrogen and oxygen atoms in total. The second kappa shape index (κ2) is 6.42. The fraction of sp³-hybridized carbons (Fsp3) is 0.692. The zero-order valence-corrected chi connectivity index (χ0v) is 11.6.